The van der Waals surface area contributed by atoms with Gasteiger partial charge < -0.3 is 15.2 Å². The minimum absolute atomic E-state index is 0.417. The fourth-order valence-corrected chi connectivity index (χ4v) is 2.17. The molecule has 3 nitrogen and oxygen atoms in total. The van der Waals surface area contributed by atoms with Crippen LogP contribution in [0.2, 0.25) is 0 Å². The second-order valence-corrected chi connectivity index (χ2v) is 5.10. The molecule has 0 aliphatic carbocycles. The minimum Gasteiger partial charge on any atom is -0.496 e. The van der Waals surface area contributed by atoms with Gasteiger partial charge in [-0.1, -0.05) is 13.8 Å². The lowest BCUT2D eigenvalue weighted by molar-refractivity contribution is 0.165. The molecule has 0 spiro atoms. The summed E-state index contributed by atoms with van der Waals surface area (Å²) < 4.78 is 5.33. The lowest BCUT2D eigenvalue weighted by atomic mass is 10.00. The molecular formula is C15H25NO2. The van der Waals surface area contributed by atoms with Gasteiger partial charge in [0.05, 0.1) is 13.2 Å². The van der Waals surface area contributed by atoms with Crippen molar-refractivity contribution >= 4 is 0 Å². The molecule has 1 aromatic rings. The summed E-state index contributed by atoms with van der Waals surface area (Å²) in [5.41, 5.74) is 3.11. The van der Waals surface area contributed by atoms with E-state index < -0.39 is 6.10 Å². The van der Waals surface area contributed by atoms with E-state index >= 15 is 0 Å². The van der Waals surface area contributed by atoms with E-state index in [1.54, 1.807) is 7.11 Å². The molecule has 0 bridgehead atoms. The molecule has 2 N–H and O–H groups in total. The lowest BCUT2D eigenvalue weighted by Gasteiger charge is -2.16. The third-order valence-electron chi connectivity index (χ3n) is 3.04. The average molecular weight is 251 g/mol. The Morgan fingerprint density at radius 1 is 1.22 bits per heavy atom. The molecule has 0 saturated heterocycles. The summed E-state index contributed by atoms with van der Waals surface area (Å²) in [6, 6.07) is 4.47. The molecule has 1 atom stereocenters. The summed E-state index contributed by atoms with van der Waals surface area (Å²) >= 11 is 0. The molecule has 0 amide bonds. The summed E-state index contributed by atoms with van der Waals surface area (Å²) in [6.45, 7) is 9.05. The fraction of sp³-hybridized carbons (Fsp3) is 0.600. The van der Waals surface area contributed by atoms with Crippen LogP contribution in [0.3, 0.4) is 0 Å². The number of ether oxygens (including phenoxy) is 1. The molecule has 0 aliphatic heterocycles. The number of hydrogen-bond donors (Lipinski definition) is 2. The van der Waals surface area contributed by atoms with E-state index in [4.69, 9.17) is 4.74 Å². The molecular weight excluding hydrogens is 226 g/mol. The van der Waals surface area contributed by atoms with Crippen LogP contribution in [0, 0.1) is 13.8 Å². The molecule has 18 heavy (non-hydrogen) atoms. The first-order valence-electron chi connectivity index (χ1n) is 6.52. The van der Waals surface area contributed by atoms with Gasteiger partial charge in [0.2, 0.25) is 0 Å². The summed E-state index contributed by atoms with van der Waals surface area (Å²) in [5, 5.41) is 13.5. The number of benzene rings is 1. The van der Waals surface area contributed by atoms with Crippen LogP contribution >= 0.6 is 0 Å². The van der Waals surface area contributed by atoms with Crippen molar-refractivity contribution in [3.05, 3.63) is 28.8 Å². The number of aryl methyl sites for hydroxylation is 2. The highest BCUT2D eigenvalue weighted by Crippen LogP contribution is 2.28. The maximum atomic E-state index is 10.2. The third kappa shape index (κ3) is 4.00. The number of hydrogen-bond acceptors (Lipinski definition) is 3. The van der Waals surface area contributed by atoms with Gasteiger partial charge in [-0.2, -0.15) is 0 Å². The van der Waals surface area contributed by atoms with Crippen molar-refractivity contribution in [3.8, 4) is 5.75 Å². The first-order chi connectivity index (χ1) is 8.45. The van der Waals surface area contributed by atoms with E-state index in [0.29, 0.717) is 6.04 Å². The van der Waals surface area contributed by atoms with Crippen LogP contribution < -0.4 is 10.1 Å². The highest BCUT2D eigenvalue weighted by Gasteiger charge is 2.12. The molecule has 0 aromatic heterocycles. The Kier molecular flexibility index (Phi) is 5.63. The maximum Gasteiger partial charge on any atom is 0.124 e. The zero-order chi connectivity index (χ0) is 13.7. The third-order valence-corrected chi connectivity index (χ3v) is 3.04. The lowest BCUT2D eigenvalue weighted by Crippen LogP contribution is -2.25. The number of rotatable bonds is 6. The van der Waals surface area contributed by atoms with Gasteiger partial charge in [0.1, 0.15) is 5.75 Å². The Morgan fingerprint density at radius 2 is 1.78 bits per heavy atom. The summed E-state index contributed by atoms with van der Waals surface area (Å²) in [4.78, 5) is 0. The van der Waals surface area contributed by atoms with Gasteiger partial charge in [-0.15, -0.1) is 0 Å². The molecule has 3 heteroatoms. The van der Waals surface area contributed by atoms with Gasteiger partial charge in [-0.25, -0.2) is 0 Å². The normalized spacial score (nSPS) is 12.8. The van der Waals surface area contributed by atoms with Gasteiger partial charge in [-0.05, 0) is 55.6 Å². The predicted molar refractivity (Wildman–Crippen MR) is 75.2 cm³/mol. The standard InChI is InChI=1S/C15H25NO2/c1-10(2)16-7-6-14(17)13-8-11(3)15(18-5)12(4)9-13/h8-10,14,16-17H,6-7H2,1-5H3. The Morgan fingerprint density at radius 3 is 2.22 bits per heavy atom. The van der Waals surface area contributed by atoms with Crippen LogP contribution in [-0.4, -0.2) is 24.8 Å². The van der Waals surface area contributed by atoms with E-state index in [2.05, 4.69) is 19.2 Å². The zero-order valence-corrected chi connectivity index (χ0v) is 12.1. The van der Waals surface area contributed by atoms with Gasteiger partial charge >= 0.3 is 0 Å². The van der Waals surface area contributed by atoms with E-state index in [9.17, 15) is 5.11 Å². The average Bonchev–Trinajstić information content (AvgIpc) is 2.27. The molecule has 0 heterocycles. The molecule has 0 fully saturated rings. The molecule has 0 radical (unpaired) electrons. The summed E-state index contributed by atoms with van der Waals surface area (Å²) in [6.07, 6.45) is 0.309. The molecule has 1 aromatic carbocycles. The van der Waals surface area contributed by atoms with Crippen LogP contribution in [0.5, 0.6) is 5.75 Å². The zero-order valence-electron chi connectivity index (χ0n) is 12.1. The van der Waals surface area contributed by atoms with Crippen LogP contribution in [0.25, 0.3) is 0 Å². The molecule has 1 unspecified atom stereocenters. The van der Waals surface area contributed by atoms with Crippen LogP contribution in [-0.2, 0) is 0 Å². The van der Waals surface area contributed by atoms with Crippen molar-refractivity contribution < 1.29 is 9.84 Å². The Bertz CT molecular complexity index is 365. The number of aliphatic hydroxyl groups is 1. The van der Waals surface area contributed by atoms with Gasteiger partial charge in [-0.3, -0.25) is 0 Å². The van der Waals surface area contributed by atoms with Crippen LogP contribution in [0.1, 0.15) is 43.1 Å². The quantitative estimate of drug-likeness (QED) is 0.817. The Balaban J connectivity index is 2.71. The van der Waals surface area contributed by atoms with E-state index in [1.165, 1.54) is 0 Å². The topological polar surface area (TPSA) is 41.5 Å². The van der Waals surface area contributed by atoms with Crippen molar-refractivity contribution in [2.45, 2.75) is 46.3 Å². The van der Waals surface area contributed by atoms with Crippen molar-refractivity contribution in [2.75, 3.05) is 13.7 Å². The van der Waals surface area contributed by atoms with Crippen LogP contribution in [0.15, 0.2) is 12.1 Å². The predicted octanol–water partition coefficient (Wildman–Crippen LogP) is 2.73. The fourth-order valence-electron chi connectivity index (χ4n) is 2.17. The maximum absolute atomic E-state index is 10.2. The molecule has 0 saturated carbocycles. The smallest absolute Gasteiger partial charge is 0.124 e. The summed E-state index contributed by atoms with van der Waals surface area (Å²) in [7, 11) is 1.68. The summed E-state index contributed by atoms with van der Waals surface area (Å²) in [5.74, 6) is 0.909. The second-order valence-electron chi connectivity index (χ2n) is 5.10. The highest BCUT2D eigenvalue weighted by atomic mass is 16.5. The largest absolute Gasteiger partial charge is 0.496 e. The van der Waals surface area contributed by atoms with Gasteiger partial charge in [0.15, 0.2) is 0 Å². The highest BCUT2D eigenvalue weighted by molar-refractivity contribution is 5.43. The number of nitrogens with one attached hydrogen (secondary N) is 1. The minimum atomic E-state index is -0.417. The first kappa shape index (κ1) is 15.0. The Hall–Kier alpha value is -1.06. The van der Waals surface area contributed by atoms with Crippen molar-refractivity contribution in [1.29, 1.82) is 0 Å². The van der Waals surface area contributed by atoms with Crippen molar-refractivity contribution in [3.63, 3.8) is 0 Å². The van der Waals surface area contributed by atoms with Gasteiger partial charge in [0.25, 0.3) is 0 Å². The first-order valence-corrected chi connectivity index (χ1v) is 6.52. The Labute approximate surface area is 110 Å². The molecule has 102 valence electrons. The van der Waals surface area contributed by atoms with E-state index in [1.807, 2.05) is 26.0 Å². The molecule has 1 rings (SSSR count). The SMILES string of the molecule is COc1c(C)cc(C(O)CCNC(C)C)cc1C. The van der Waals surface area contributed by atoms with Crippen molar-refractivity contribution in [2.24, 2.45) is 0 Å². The number of aliphatic hydroxyl groups excluding tert-OH is 1. The second kappa shape index (κ2) is 6.76. The monoisotopic (exact) mass is 251 g/mol. The van der Waals surface area contributed by atoms with Crippen molar-refractivity contribution in [1.82, 2.24) is 5.32 Å². The molecule has 0 aliphatic rings. The number of methoxy groups -OCH3 is 1. The van der Waals surface area contributed by atoms with E-state index in [0.717, 1.165) is 35.4 Å². The van der Waals surface area contributed by atoms with E-state index in [-0.39, 0.29) is 0 Å². The van der Waals surface area contributed by atoms with Crippen LogP contribution in [0.4, 0.5) is 0 Å². The van der Waals surface area contributed by atoms with Gasteiger partial charge in [0, 0.05) is 6.04 Å².